The molecule has 5 rings (SSSR count). The molecule has 0 N–H and O–H groups in total. The predicted octanol–water partition coefficient (Wildman–Crippen LogP) is 6.37. The monoisotopic (exact) mass is 500 g/mol. The Labute approximate surface area is 214 Å². The number of benzene rings is 3. The van der Waals surface area contributed by atoms with Gasteiger partial charge in [-0.25, -0.2) is 13.8 Å². The molecule has 0 bridgehead atoms. The highest BCUT2D eigenvalue weighted by atomic mass is 19.1. The average molecular weight is 501 g/mol. The first-order valence-corrected chi connectivity index (χ1v) is 12.3. The van der Waals surface area contributed by atoms with Crippen LogP contribution in [0.2, 0.25) is 0 Å². The van der Waals surface area contributed by atoms with E-state index in [0.717, 1.165) is 41.7 Å². The Kier molecular flexibility index (Phi) is 6.95. The number of hydrogen-bond acceptors (Lipinski definition) is 4. The van der Waals surface area contributed by atoms with E-state index in [4.69, 9.17) is 9.84 Å². The van der Waals surface area contributed by atoms with Crippen LogP contribution in [0, 0.1) is 17.6 Å². The summed E-state index contributed by atoms with van der Waals surface area (Å²) in [4.78, 5) is 24.9. The van der Waals surface area contributed by atoms with Crippen molar-refractivity contribution in [1.29, 1.82) is 0 Å². The smallest absolute Gasteiger partial charge is 0.281 e. The molecule has 7 heteroatoms. The molecule has 2 unspecified atom stereocenters. The van der Waals surface area contributed by atoms with Crippen molar-refractivity contribution < 1.29 is 23.1 Å². The lowest BCUT2D eigenvalue weighted by atomic mass is 9.77. The van der Waals surface area contributed by atoms with Crippen LogP contribution in [0.1, 0.15) is 53.7 Å². The molecule has 0 aromatic heterocycles. The van der Waals surface area contributed by atoms with Gasteiger partial charge in [0.25, 0.3) is 5.91 Å². The van der Waals surface area contributed by atoms with E-state index in [0.29, 0.717) is 11.3 Å². The van der Waals surface area contributed by atoms with Crippen LogP contribution in [0.3, 0.4) is 0 Å². The van der Waals surface area contributed by atoms with E-state index >= 15 is 0 Å². The lowest BCUT2D eigenvalue weighted by Crippen LogP contribution is -2.34. The number of ether oxygens (including phenoxy) is 1. The second-order valence-electron chi connectivity index (χ2n) is 9.31. The van der Waals surface area contributed by atoms with Gasteiger partial charge in [0.05, 0.1) is 11.8 Å². The molecule has 1 heterocycles. The van der Waals surface area contributed by atoms with Gasteiger partial charge in [0.1, 0.15) is 17.4 Å². The van der Waals surface area contributed by atoms with Crippen LogP contribution in [-0.2, 0) is 4.79 Å². The first-order valence-electron chi connectivity index (χ1n) is 12.3. The molecule has 37 heavy (non-hydrogen) atoms. The van der Waals surface area contributed by atoms with Gasteiger partial charge < -0.3 is 4.74 Å². The number of allylic oxidation sites excluding steroid dienone is 1. The molecular weight excluding hydrogens is 474 g/mol. The molecule has 0 radical (unpaired) electrons. The van der Waals surface area contributed by atoms with Crippen molar-refractivity contribution in [2.75, 3.05) is 6.61 Å². The quantitative estimate of drug-likeness (QED) is 0.370. The van der Waals surface area contributed by atoms with Crippen LogP contribution in [-0.4, -0.2) is 29.0 Å². The highest BCUT2D eigenvalue weighted by Crippen LogP contribution is 2.44. The van der Waals surface area contributed by atoms with Crippen molar-refractivity contribution in [2.45, 2.75) is 32.2 Å². The molecular formula is C30H26F2N2O3. The number of ketones is 1. The number of carbonyl (C=O) groups excluding carboxylic acids is 2. The van der Waals surface area contributed by atoms with E-state index < -0.39 is 0 Å². The zero-order chi connectivity index (χ0) is 25.9. The van der Waals surface area contributed by atoms with E-state index in [2.05, 4.69) is 0 Å². The highest BCUT2D eigenvalue weighted by Gasteiger charge is 2.43. The third-order valence-electron chi connectivity index (χ3n) is 6.80. The molecule has 3 aromatic carbocycles. The Hall–Kier alpha value is -4.13. The molecule has 1 saturated carbocycles. The van der Waals surface area contributed by atoms with Crippen molar-refractivity contribution in [3.63, 3.8) is 0 Å². The van der Waals surface area contributed by atoms with Crippen molar-refractivity contribution in [3.8, 4) is 5.75 Å². The average Bonchev–Trinajstić information content (AvgIpc) is 3.30. The Morgan fingerprint density at radius 2 is 1.62 bits per heavy atom. The second kappa shape index (κ2) is 10.5. The number of fused-ring (bicyclic) bond motifs is 1. The molecule has 0 saturated heterocycles. The third kappa shape index (κ3) is 5.35. The number of rotatable bonds is 6. The summed E-state index contributed by atoms with van der Waals surface area (Å²) in [6.45, 7) is 1.25. The second-order valence-corrected chi connectivity index (χ2v) is 9.31. The molecule has 0 spiro atoms. The van der Waals surface area contributed by atoms with Crippen LogP contribution in [0.25, 0.3) is 6.08 Å². The molecule has 5 nitrogen and oxygen atoms in total. The number of hydrogen-bond donors (Lipinski definition) is 0. The van der Waals surface area contributed by atoms with Gasteiger partial charge in [0.15, 0.2) is 12.4 Å². The Balaban J connectivity index is 1.43. The van der Waals surface area contributed by atoms with E-state index in [-0.39, 0.29) is 41.9 Å². The number of halogens is 2. The minimum absolute atomic E-state index is 0.0511. The summed E-state index contributed by atoms with van der Waals surface area (Å²) in [6.07, 6.45) is 4.53. The fraction of sp³-hybridized carbons (Fsp3) is 0.233. The molecule has 1 fully saturated rings. The van der Waals surface area contributed by atoms with Gasteiger partial charge in [-0.05, 0) is 97.5 Å². The normalized spacial score (nSPS) is 19.9. The number of Topliss-reactive ketones (excluding diaryl/α,β-unsaturated/α-hetero) is 1. The maximum Gasteiger partial charge on any atom is 0.281 e. The summed E-state index contributed by atoms with van der Waals surface area (Å²) in [7, 11) is 0. The summed E-state index contributed by atoms with van der Waals surface area (Å²) in [5, 5.41) is 6.23. The lowest BCUT2D eigenvalue weighted by Gasteiger charge is -2.29. The first-order chi connectivity index (χ1) is 17.9. The predicted molar refractivity (Wildman–Crippen MR) is 137 cm³/mol. The maximum atomic E-state index is 13.7. The standard InChI is InChI=1S/C30H26F2N2O3/c1-19(35)21-9-15-26(16-10-21)37-18-28(36)34-30(22-7-13-25(32)14-8-22)27-4-2-3-23(29(27)33-34)17-20-5-11-24(31)12-6-20/h5-17,27,30H,2-4,18H2,1H3/b23-17+. The first kappa shape index (κ1) is 24.6. The van der Waals surface area contributed by atoms with Crippen LogP contribution >= 0.6 is 0 Å². The summed E-state index contributed by atoms with van der Waals surface area (Å²) in [5.41, 5.74) is 4.05. The fourth-order valence-corrected chi connectivity index (χ4v) is 4.96. The Bertz CT molecular complexity index is 1360. The van der Waals surface area contributed by atoms with Crippen LogP contribution in [0.5, 0.6) is 5.75 Å². The van der Waals surface area contributed by atoms with Gasteiger partial charge in [0.2, 0.25) is 0 Å². The van der Waals surface area contributed by atoms with Gasteiger partial charge in [-0.2, -0.15) is 5.10 Å². The molecule has 188 valence electrons. The van der Waals surface area contributed by atoms with E-state index in [1.165, 1.54) is 36.2 Å². The third-order valence-corrected chi connectivity index (χ3v) is 6.80. The molecule has 1 aliphatic carbocycles. The van der Waals surface area contributed by atoms with Crippen LogP contribution in [0.15, 0.2) is 83.5 Å². The minimum Gasteiger partial charge on any atom is -0.484 e. The molecule has 2 atom stereocenters. The van der Waals surface area contributed by atoms with Crippen molar-refractivity contribution in [2.24, 2.45) is 11.0 Å². The SMILES string of the molecule is CC(=O)c1ccc(OCC(=O)N2N=C3/C(=C/c4ccc(F)cc4)CCCC3C2c2ccc(F)cc2)cc1. The number of amides is 1. The van der Waals surface area contributed by atoms with E-state index in [9.17, 15) is 18.4 Å². The molecule has 1 amide bonds. The number of hydrazone groups is 1. The van der Waals surface area contributed by atoms with Crippen LogP contribution < -0.4 is 4.74 Å². The molecule has 3 aromatic rings. The highest BCUT2D eigenvalue weighted by molar-refractivity contribution is 6.08. The van der Waals surface area contributed by atoms with Crippen molar-refractivity contribution in [3.05, 3.63) is 107 Å². The number of nitrogens with zero attached hydrogens (tertiary/aromatic N) is 2. The van der Waals surface area contributed by atoms with E-state index in [1.807, 2.05) is 6.08 Å². The van der Waals surface area contributed by atoms with Crippen LogP contribution in [0.4, 0.5) is 8.78 Å². The van der Waals surface area contributed by atoms with Gasteiger partial charge >= 0.3 is 0 Å². The molecule has 2 aliphatic rings. The number of carbonyl (C=O) groups is 2. The van der Waals surface area contributed by atoms with Gasteiger partial charge in [-0.1, -0.05) is 24.3 Å². The fourth-order valence-electron chi connectivity index (χ4n) is 4.96. The summed E-state index contributed by atoms with van der Waals surface area (Å²) < 4.78 is 32.8. The Morgan fingerprint density at radius 1 is 0.973 bits per heavy atom. The van der Waals surface area contributed by atoms with Gasteiger partial charge in [-0.3, -0.25) is 9.59 Å². The largest absolute Gasteiger partial charge is 0.484 e. The zero-order valence-corrected chi connectivity index (χ0v) is 20.4. The maximum absolute atomic E-state index is 13.7. The molecule has 1 aliphatic heterocycles. The van der Waals surface area contributed by atoms with Crippen molar-refractivity contribution in [1.82, 2.24) is 5.01 Å². The van der Waals surface area contributed by atoms with Gasteiger partial charge in [-0.15, -0.1) is 0 Å². The summed E-state index contributed by atoms with van der Waals surface area (Å²) >= 11 is 0. The van der Waals surface area contributed by atoms with E-state index in [1.54, 1.807) is 48.5 Å². The van der Waals surface area contributed by atoms with Crippen molar-refractivity contribution >= 4 is 23.5 Å². The lowest BCUT2D eigenvalue weighted by molar-refractivity contribution is -0.135. The minimum atomic E-state index is -0.385. The zero-order valence-electron chi connectivity index (χ0n) is 20.4. The summed E-state index contributed by atoms with van der Waals surface area (Å²) in [6, 6.07) is 18.7. The topological polar surface area (TPSA) is 59.0 Å². The van der Waals surface area contributed by atoms with Gasteiger partial charge in [0, 0.05) is 11.5 Å². The summed E-state index contributed by atoms with van der Waals surface area (Å²) in [5.74, 6) is -0.607. The Morgan fingerprint density at radius 3 is 2.27 bits per heavy atom.